The van der Waals surface area contributed by atoms with E-state index in [1.165, 1.54) is 4.90 Å². The van der Waals surface area contributed by atoms with Gasteiger partial charge in [-0.2, -0.15) is 20.4 Å². The second kappa shape index (κ2) is 6.48. The van der Waals surface area contributed by atoms with Crippen LogP contribution in [0.2, 0.25) is 0 Å². The van der Waals surface area contributed by atoms with E-state index in [1.807, 2.05) is 18.2 Å². The maximum absolute atomic E-state index is 10.9. The number of benzene rings is 1. The summed E-state index contributed by atoms with van der Waals surface area (Å²) in [6.07, 6.45) is 0.453. The highest BCUT2D eigenvalue weighted by atomic mass is 16.5. The lowest BCUT2D eigenvalue weighted by molar-refractivity contribution is -0.00294. The third-order valence-corrected chi connectivity index (χ3v) is 4.19. The standard InChI is InChI=1S/C15H16N6O4/c22-15(23)21-5-3-10(4-6-21)24-8-13-16-14(25-19-13)9-1-2-11-12(7-9)18-20-17-11/h1-2,7,10H,3-6,8H2,(H,22,23)(H,17,18,20). The first-order valence-electron chi connectivity index (χ1n) is 7.92. The summed E-state index contributed by atoms with van der Waals surface area (Å²) in [5.41, 5.74) is 2.24. The Bertz CT molecular complexity index is 883. The number of aromatic nitrogens is 5. The highest BCUT2D eigenvalue weighted by Crippen LogP contribution is 2.21. The van der Waals surface area contributed by atoms with E-state index in [0.717, 1.165) is 16.6 Å². The van der Waals surface area contributed by atoms with Crippen LogP contribution < -0.4 is 0 Å². The van der Waals surface area contributed by atoms with Crippen LogP contribution in [-0.4, -0.2) is 60.8 Å². The summed E-state index contributed by atoms with van der Waals surface area (Å²) in [5.74, 6) is 0.847. The monoisotopic (exact) mass is 344 g/mol. The fourth-order valence-corrected chi connectivity index (χ4v) is 2.81. The molecule has 3 aromatic rings. The molecule has 0 bridgehead atoms. The molecule has 0 unspecified atom stereocenters. The van der Waals surface area contributed by atoms with Crippen molar-refractivity contribution in [3.63, 3.8) is 0 Å². The highest BCUT2D eigenvalue weighted by Gasteiger charge is 2.23. The zero-order chi connectivity index (χ0) is 17.2. The molecule has 0 atom stereocenters. The maximum Gasteiger partial charge on any atom is 0.407 e. The Morgan fingerprint density at radius 2 is 2.12 bits per heavy atom. The first kappa shape index (κ1) is 15.5. The number of fused-ring (bicyclic) bond motifs is 1. The third-order valence-electron chi connectivity index (χ3n) is 4.19. The first-order valence-corrected chi connectivity index (χ1v) is 7.92. The Labute approximate surface area is 141 Å². The quantitative estimate of drug-likeness (QED) is 0.731. The van der Waals surface area contributed by atoms with Crippen LogP contribution in [0.1, 0.15) is 18.7 Å². The van der Waals surface area contributed by atoms with Crippen molar-refractivity contribution in [2.24, 2.45) is 0 Å². The first-order chi connectivity index (χ1) is 12.2. The molecule has 2 aromatic heterocycles. The summed E-state index contributed by atoms with van der Waals surface area (Å²) < 4.78 is 11.1. The van der Waals surface area contributed by atoms with Crippen LogP contribution in [-0.2, 0) is 11.3 Å². The van der Waals surface area contributed by atoms with Gasteiger partial charge in [-0.1, -0.05) is 5.16 Å². The summed E-state index contributed by atoms with van der Waals surface area (Å²) in [5, 5.41) is 23.5. The van der Waals surface area contributed by atoms with Crippen molar-refractivity contribution in [1.29, 1.82) is 0 Å². The molecule has 1 amide bonds. The van der Waals surface area contributed by atoms with E-state index < -0.39 is 6.09 Å². The molecule has 0 spiro atoms. The molecule has 3 heterocycles. The molecule has 10 nitrogen and oxygen atoms in total. The average molecular weight is 344 g/mol. The number of nitrogens with zero attached hydrogens (tertiary/aromatic N) is 5. The summed E-state index contributed by atoms with van der Waals surface area (Å²) in [7, 11) is 0. The van der Waals surface area contributed by atoms with Gasteiger partial charge in [-0.05, 0) is 31.0 Å². The minimum atomic E-state index is -0.884. The van der Waals surface area contributed by atoms with Crippen LogP contribution in [0.5, 0.6) is 0 Å². The molecule has 2 N–H and O–H groups in total. The van der Waals surface area contributed by atoms with Gasteiger partial charge in [0.15, 0.2) is 5.82 Å². The van der Waals surface area contributed by atoms with Crippen molar-refractivity contribution in [1.82, 2.24) is 30.5 Å². The maximum atomic E-state index is 10.9. The van der Waals surface area contributed by atoms with Crippen LogP contribution >= 0.6 is 0 Å². The zero-order valence-electron chi connectivity index (χ0n) is 13.3. The van der Waals surface area contributed by atoms with Gasteiger partial charge in [-0.15, -0.1) is 0 Å². The fourth-order valence-electron chi connectivity index (χ4n) is 2.81. The van der Waals surface area contributed by atoms with E-state index in [9.17, 15) is 4.79 Å². The van der Waals surface area contributed by atoms with Crippen molar-refractivity contribution < 1.29 is 19.2 Å². The van der Waals surface area contributed by atoms with Crippen molar-refractivity contribution in [2.75, 3.05) is 13.1 Å². The van der Waals surface area contributed by atoms with Gasteiger partial charge in [0.2, 0.25) is 0 Å². The van der Waals surface area contributed by atoms with Gasteiger partial charge in [-0.25, -0.2) is 4.79 Å². The second-order valence-corrected chi connectivity index (χ2v) is 5.82. The smallest absolute Gasteiger partial charge is 0.407 e. The number of hydrogen-bond acceptors (Lipinski definition) is 7. The SMILES string of the molecule is O=C(O)N1CCC(OCc2noc(-c3ccc4n[nH]nc4c3)n2)CC1. The third kappa shape index (κ3) is 3.29. The minimum absolute atomic E-state index is 0.00373. The Kier molecular flexibility index (Phi) is 4.02. The van der Waals surface area contributed by atoms with E-state index in [-0.39, 0.29) is 12.7 Å². The van der Waals surface area contributed by atoms with E-state index in [2.05, 4.69) is 25.6 Å². The van der Waals surface area contributed by atoms with Gasteiger partial charge >= 0.3 is 6.09 Å². The molecule has 0 aliphatic carbocycles. The second-order valence-electron chi connectivity index (χ2n) is 5.82. The Morgan fingerprint density at radius 1 is 1.32 bits per heavy atom. The number of piperidine rings is 1. The molecular weight excluding hydrogens is 328 g/mol. The minimum Gasteiger partial charge on any atom is -0.465 e. The van der Waals surface area contributed by atoms with Crippen LogP contribution in [0.3, 0.4) is 0 Å². The molecule has 1 aliphatic rings. The summed E-state index contributed by atoms with van der Waals surface area (Å²) in [6.45, 7) is 1.19. The molecule has 4 rings (SSSR count). The predicted molar refractivity (Wildman–Crippen MR) is 84.6 cm³/mol. The van der Waals surface area contributed by atoms with Gasteiger partial charge < -0.3 is 19.3 Å². The predicted octanol–water partition coefficient (Wildman–Crippen LogP) is 1.67. The lowest BCUT2D eigenvalue weighted by Crippen LogP contribution is -2.40. The molecular formula is C15H16N6O4. The zero-order valence-corrected chi connectivity index (χ0v) is 13.3. The number of rotatable bonds is 4. The number of carbonyl (C=O) groups is 1. The van der Waals surface area contributed by atoms with Gasteiger partial charge in [0.1, 0.15) is 17.6 Å². The van der Waals surface area contributed by atoms with Gasteiger partial charge in [0.25, 0.3) is 5.89 Å². The molecule has 130 valence electrons. The Balaban J connectivity index is 1.36. The number of aromatic amines is 1. The lowest BCUT2D eigenvalue weighted by atomic mass is 10.1. The topological polar surface area (TPSA) is 130 Å². The number of ether oxygens (including phenoxy) is 1. The number of H-pyrrole nitrogens is 1. The van der Waals surface area contributed by atoms with Gasteiger partial charge in [0.05, 0.1) is 6.10 Å². The van der Waals surface area contributed by atoms with Crippen LogP contribution in [0.25, 0.3) is 22.5 Å². The summed E-state index contributed by atoms with van der Waals surface area (Å²) in [4.78, 5) is 16.6. The summed E-state index contributed by atoms with van der Waals surface area (Å²) >= 11 is 0. The number of carboxylic acid groups (broad SMARTS) is 1. The van der Waals surface area contributed by atoms with Gasteiger partial charge in [-0.3, -0.25) is 0 Å². The Morgan fingerprint density at radius 3 is 2.92 bits per heavy atom. The van der Waals surface area contributed by atoms with E-state index >= 15 is 0 Å². The average Bonchev–Trinajstić information content (AvgIpc) is 3.28. The highest BCUT2D eigenvalue weighted by molar-refractivity contribution is 5.78. The largest absolute Gasteiger partial charge is 0.465 e. The fraction of sp³-hybridized carbons (Fsp3) is 0.400. The van der Waals surface area contributed by atoms with Crippen molar-refractivity contribution in [3.05, 3.63) is 24.0 Å². The normalized spacial score (nSPS) is 15.8. The van der Waals surface area contributed by atoms with Crippen LogP contribution in [0.15, 0.2) is 22.7 Å². The van der Waals surface area contributed by atoms with E-state index in [1.54, 1.807) is 0 Å². The molecule has 0 saturated carbocycles. The number of likely N-dealkylation sites (tertiary alicyclic amines) is 1. The lowest BCUT2D eigenvalue weighted by Gasteiger charge is -2.29. The van der Waals surface area contributed by atoms with E-state index in [4.69, 9.17) is 14.4 Å². The number of nitrogens with one attached hydrogen (secondary N) is 1. The molecule has 10 heteroatoms. The molecule has 0 radical (unpaired) electrons. The van der Waals surface area contributed by atoms with Crippen molar-refractivity contribution in [3.8, 4) is 11.5 Å². The molecule has 25 heavy (non-hydrogen) atoms. The van der Waals surface area contributed by atoms with Crippen LogP contribution in [0.4, 0.5) is 4.79 Å². The molecule has 1 fully saturated rings. The number of amides is 1. The molecule has 1 aromatic carbocycles. The van der Waals surface area contributed by atoms with Crippen molar-refractivity contribution in [2.45, 2.75) is 25.6 Å². The molecule has 1 saturated heterocycles. The Hall–Kier alpha value is -3.01. The summed E-state index contributed by atoms with van der Waals surface area (Å²) in [6, 6.07) is 5.48. The molecule has 1 aliphatic heterocycles. The van der Waals surface area contributed by atoms with Gasteiger partial charge in [0, 0.05) is 18.7 Å². The van der Waals surface area contributed by atoms with Crippen molar-refractivity contribution >= 4 is 17.1 Å². The van der Waals surface area contributed by atoms with Crippen LogP contribution in [0, 0.1) is 0 Å². The van der Waals surface area contributed by atoms with E-state index in [0.29, 0.717) is 37.6 Å². The number of hydrogen-bond donors (Lipinski definition) is 2.